The first-order valence-electron chi connectivity index (χ1n) is 6.64. The highest BCUT2D eigenvalue weighted by Gasteiger charge is 2.27. The van der Waals surface area contributed by atoms with Crippen LogP contribution in [0.25, 0.3) is 0 Å². The van der Waals surface area contributed by atoms with E-state index in [0.29, 0.717) is 26.2 Å². The summed E-state index contributed by atoms with van der Waals surface area (Å²) in [7, 11) is 0. The van der Waals surface area contributed by atoms with Crippen molar-refractivity contribution in [1.29, 1.82) is 0 Å². The molecule has 2 aliphatic heterocycles. The maximum atomic E-state index is 13.3. The minimum absolute atomic E-state index is 0. The number of halogens is 2. The minimum atomic E-state index is -0.294. The molecule has 0 radical (unpaired) electrons. The Labute approximate surface area is 123 Å². The average Bonchev–Trinajstić information content (AvgIpc) is 2.82. The Bertz CT molecular complexity index is 492. The molecule has 1 N–H and O–H groups in total. The fourth-order valence-electron chi connectivity index (χ4n) is 2.68. The van der Waals surface area contributed by atoms with Gasteiger partial charge in [0.05, 0.1) is 13.2 Å². The van der Waals surface area contributed by atoms with E-state index in [2.05, 4.69) is 5.32 Å². The fourth-order valence-corrected chi connectivity index (χ4v) is 2.68. The van der Waals surface area contributed by atoms with Gasteiger partial charge in [-0.15, -0.1) is 12.4 Å². The van der Waals surface area contributed by atoms with E-state index in [1.807, 2.05) is 0 Å². The topological polar surface area (TPSA) is 41.6 Å². The number of benzene rings is 1. The van der Waals surface area contributed by atoms with Crippen LogP contribution < -0.4 is 10.2 Å². The molecule has 0 aromatic heterocycles. The van der Waals surface area contributed by atoms with E-state index < -0.39 is 0 Å². The first kappa shape index (κ1) is 15.2. The van der Waals surface area contributed by atoms with E-state index in [4.69, 9.17) is 4.74 Å². The fraction of sp³-hybridized carbons (Fsp3) is 0.500. The first-order valence-corrected chi connectivity index (χ1v) is 6.64. The van der Waals surface area contributed by atoms with Gasteiger partial charge in [0.1, 0.15) is 5.82 Å². The number of carbonyl (C=O) groups is 1. The molecule has 0 aliphatic carbocycles. The summed E-state index contributed by atoms with van der Waals surface area (Å²) in [6.45, 7) is 2.69. The number of hydrogen-bond acceptors (Lipinski definition) is 3. The van der Waals surface area contributed by atoms with E-state index >= 15 is 0 Å². The Balaban J connectivity index is 0.00000147. The van der Waals surface area contributed by atoms with Crippen LogP contribution in [0.15, 0.2) is 18.2 Å². The van der Waals surface area contributed by atoms with Crippen molar-refractivity contribution >= 4 is 24.0 Å². The van der Waals surface area contributed by atoms with Gasteiger partial charge in [0.2, 0.25) is 5.91 Å². The number of amides is 1. The van der Waals surface area contributed by atoms with Crippen LogP contribution >= 0.6 is 12.4 Å². The molecular weight excluding hydrogens is 283 g/mol. The van der Waals surface area contributed by atoms with Gasteiger partial charge in [-0.05, 0) is 24.1 Å². The van der Waals surface area contributed by atoms with Crippen LogP contribution in [0.2, 0.25) is 0 Å². The average molecular weight is 301 g/mol. The molecule has 1 atom stereocenters. The molecule has 1 fully saturated rings. The van der Waals surface area contributed by atoms with Gasteiger partial charge in [0.15, 0.2) is 0 Å². The third kappa shape index (κ3) is 3.11. The molecule has 0 saturated carbocycles. The molecule has 4 nitrogen and oxygen atoms in total. The van der Waals surface area contributed by atoms with Gasteiger partial charge in [0.25, 0.3) is 0 Å². The zero-order valence-corrected chi connectivity index (χ0v) is 11.9. The largest absolute Gasteiger partial charge is 0.378 e. The smallest absolute Gasteiger partial charge is 0.228 e. The highest BCUT2D eigenvalue weighted by atomic mass is 35.5. The van der Waals surface area contributed by atoms with Crippen molar-refractivity contribution in [2.75, 3.05) is 31.2 Å². The monoisotopic (exact) mass is 300 g/mol. The van der Waals surface area contributed by atoms with Crippen LogP contribution in [0, 0.1) is 5.82 Å². The summed E-state index contributed by atoms with van der Waals surface area (Å²) in [6, 6.07) is 4.73. The molecule has 110 valence electrons. The van der Waals surface area contributed by atoms with Crippen molar-refractivity contribution < 1.29 is 13.9 Å². The standard InChI is InChI=1S/C14H17FN2O2.ClH/c15-11-2-1-10-3-5-17(13(10)7-11)14(18)8-12-9-19-6-4-16-12;/h1-2,7,12,16H,3-6,8-9H2;1H. The molecule has 6 heteroatoms. The van der Waals surface area contributed by atoms with Gasteiger partial charge in [-0.25, -0.2) is 4.39 Å². The molecule has 1 unspecified atom stereocenters. The van der Waals surface area contributed by atoms with Crippen molar-refractivity contribution in [3.63, 3.8) is 0 Å². The number of rotatable bonds is 2. The molecule has 0 spiro atoms. The number of ether oxygens (including phenoxy) is 1. The third-order valence-electron chi connectivity index (χ3n) is 3.66. The Hall–Kier alpha value is -1.17. The summed E-state index contributed by atoms with van der Waals surface area (Å²) in [5, 5.41) is 3.26. The Morgan fingerprint density at radius 3 is 3.10 bits per heavy atom. The van der Waals surface area contributed by atoms with Crippen molar-refractivity contribution in [1.82, 2.24) is 5.32 Å². The molecule has 2 aliphatic rings. The highest BCUT2D eigenvalue weighted by Crippen LogP contribution is 2.29. The summed E-state index contributed by atoms with van der Waals surface area (Å²) in [6.07, 6.45) is 1.20. The Kier molecular flexibility index (Phi) is 4.96. The van der Waals surface area contributed by atoms with Crippen LogP contribution in [0.3, 0.4) is 0 Å². The van der Waals surface area contributed by atoms with Crippen LogP contribution in [0.5, 0.6) is 0 Å². The van der Waals surface area contributed by atoms with Crippen LogP contribution in [-0.4, -0.2) is 38.3 Å². The molecule has 1 aromatic rings. The maximum Gasteiger partial charge on any atom is 0.228 e. The lowest BCUT2D eigenvalue weighted by Crippen LogP contribution is -2.45. The molecule has 0 bridgehead atoms. The molecule has 1 saturated heterocycles. The molecule has 1 aromatic carbocycles. The maximum absolute atomic E-state index is 13.3. The molecule has 3 rings (SSSR count). The van der Waals surface area contributed by atoms with Crippen LogP contribution in [0.1, 0.15) is 12.0 Å². The predicted molar refractivity (Wildman–Crippen MR) is 76.9 cm³/mol. The molecule has 2 heterocycles. The number of hydrogen-bond donors (Lipinski definition) is 1. The van der Waals surface area contributed by atoms with Crippen molar-refractivity contribution in [2.24, 2.45) is 0 Å². The number of morpholine rings is 1. The summed E-state index contributed by atoms with van der Waals surface area (Å²) in [5.41, 5.74) is 1.77. The van der Waals surface area contributed by atoms with E-state index in [1.54, 1.807) is 11.0 Å². The van der Waals surface area contributed by atoms with Gasteiger partial charge < -0.3 is 15.0 Å². The van der Waals surface area contributed by atoms with Crippen molar-refractivity contribution in [2.45, 2.75) is 18.9 Å². The lowest BCUT2D eigenvalue weighted by molar-refractivity contribution is -0.119. The van der Waals surface area contributed by atoms with Gasteiger partial charge in [-0.3, -0.25) is 4.79 Å². The van der Waals surface area contributed by atoms with Gasteiger partial charge >= 0.3 is 0 Å². The Morgan fingerprint density at radius 1 is 1.50 bits per heavy atom. The summed E-state index contributed by atoms with van der Waals surface area (Å²) < 4.78 is 18.6. The molecule has 1 amide bonds. The number of anilines is 1. The van der Waals surface area contributed by atoms with E-state index in [0.717, 1.165) is 24.2 Å². The van der Waals surface area contributed by atoms with Crippen LogP contribution in [-0.2, 0) is 16.0 Å². The molecular formula is C14H18ClFN2O2. The number of nitrogens with one attached hydrogen (secondary N) is 1. The second kappa shape index (κ2) is 6.52. The second-order valence-electron chi connectivity index (χ2n) is 5.00. The normalized spacial score (nSPS) is 21.2. The number of fused-ring (bicyclic) bond motifs is 1. The highest BCUT2D eigenvalue weighted by molar-refractivity contribution is 5.95. The first-order chi connectivity index (χ1) is 9.24. The van der Waals surface area contributed by atoms with Gasteiger partial charge in [-0.1, -0.05) is 6.07 Å². The van der Waals surface area contributed by atoms with E-state index in [-0.39, 0.29) is 30.2 Å². The van der Waals surface area contributed by atoms with Gasteiger partial charge in [0, 0.05) is 31.2 Å². The van der Waals surface area contributed by atoms with Gasteiger partial charge in [-0.2, -0.15) is 0 Å². The number of carbonyl (C=O) groups excluding carboxylic acids is 1. The summed E-state index contributed by atoms with van der Waals surface area (Å²) in [5.74, 6) is -0.259. The number of nitrogens with zero attached hydrogens (tertiary/aromatic N) is 1. The lowest BCUT2D eigenvalue weighted by atomic mass is 10.1. The Morgan fingerprint density at radius 2 is 2.35 bits per heavy atom. The summed E-state index contributed by atoms with van der Waals surface area (Å²) in [4.78, 5) is 14.0. The minimum Gasteiger partial charge on any atom is -0.378 e. The van der Waals surface area contributed by atoms with Crippen LogP contribution in [0.4, 0.5) is 10.1 Å². The zero-order valence-electron chi connectivity index (χ0n) is 11.1. The van der Waals surface area contributed by atoms with Crippen molar-refractivity contribution in [3.8, 4) is 0 Å². The predicted octanol–water partition coefficient (Wildman–Crippen LogP) is 1.52. The van der Waals surface area contributed by atoms with E-state index in [1.165, 1.54) is 12.1 Å². The van der Waals surface area contributed by atoms with Crippen molar-refractivity contribution in [3.05, 3.63) is 29.6 Å². The summed E-state index contributed by atoms with van der Waals surface area (Å²) >= 11 is 0. The zero-order chi connectivity index (χ0) is 13.2. The lowest BCUT2D eigenvalue weighted by Gasteiger charge is -2.25. The third-order valence-corrected chi connectivity index (χ3v) is 3.66. The SMILES string of the molecule is Cl.O=C(CC1COCCN1)N1CCc2ccc(F)cc21. The second-order valence-corrected chi connectivity index (χ2v) is 5.00. The quantitative estimate of drug-likeness (QED) is 0.900. The molecule has 20 heavy (non-hydrogen) atoms. The van der Waals surface area contributed by atoms with E-state index in [9.17, 15) is 9.18 Å².